The first-order valence-corrected chi connectivity index (χ1v) is 4.85. The number of hydrogen-bond donors (Lipinski definition) is 2. The van der Waals surface area contributed by atoms with Crippen molar-refractivity contribution in [1.29, 1.82) is 0 Å². The van der Waals surface area contributed by atoms with Gasteiger partial charge in [0, 0.05) is 12.6 Å². The van der Waals surface area contributed by atoms with Crippen molar-refractivity contribution in [2.45, 2.75) is 38.6 Å². The maximum absolute atomic E-state index is 8.92. The van der Waals surface area contributed by atoms with Gasteiger partial charge in [0.1, 0.15) is 0 Å². The van der Waals surface area contributed by atoms with Crippen LogP contribution in [0.25, 0.3) is 0 Å². The summed E-state index contributed by atoms with van der Waals surface area (Å²) >= 11 is 0. The normalized spacial score (nSPS) is 30.8. The van der Waals surface area contributed by atoms with Crippen molar-refractivity contribution >= 4 is 0 Å². The number of allylic oxidation sites excluding steroid dienone is 1. The second-order valence-corrected chi connectivity index (χ2v) is 3.57. The molecule has 2 nitrogen and oxygen atoms in total. The summed E-state index contributed by atoms with van der Waals surface area (Å²) < 4.78 is 0. The average Bonchev–Trinajstić information content (AvgIpc) is 2.15. The van der Waals surface area contributed by atoms with Gasteiger partial charge >= 0.3 is 0 Å². The molecule has 0 saturated heterocycles. The van der Waals surface area contributed by atoms with Gasteiger partial charge in [-0.15, -0.1) is 0 Å². The van der Waals surface area contributed by atoms with Crippen LogP contribution in [0.5, 0.6) is 0 Å². The molecular formula is C10H19NO. The first-order valence-electron chi connectivity index (χ1n) is 4.85. The minimum Gasteiger partial charge on any atom is -0.396 e. The highest BCUT2D eigenvalue weighted by molar-refractivity contribution is 4.83. The van der Waals surface area contributed by atoms with Crippen molar-refractivity contribution in [3.63, 3.8) is 0 Å². The van der Waals surface area contributed by atoms with Crippen LogP contribution in [0.2, 0.25) is 0 Å². The monoisotopic (exact) mass is 169 g/mol. The van der Waals surface area contributed by atoms with E-state index in [1.165, 1.54) is 25.7 Å². The van der Waals surface area contributed by atoms with Crippen molar-refractivity contribution in [1.82, 2.24) is 5.32 Å². The predicted octanol–water partition coefficient (Wildman–Crippen LogP) is 1.66. The Labute approximate surface area is 74.7 Å². The highest BCUT2D eigenvalue weighted by Crippen LogP contribution is 2.23. The zero-order valence-electron chi connectivity index (χ0n) is 7.79. The molecule has 0 bridgehead atoms. The van der Waals surface area contributed by atoms with Crippen molar-refractivity contribution in [3.05, 3.63) is 12.3 Å². The molecule has 0 spiro atoms. The molecule has 1 fully saturated rings. The standard InChI is InChI=1S/C10H19NO/c1-2-7-11-10-5-3-9(8-12)4-6-10/h2,7,9-12H,3-6,8H2,1H3. The molecule has 0 amide bonds. The molecule has 0 aromatic carbocycles. The van der Waals surface area contributed by atoms with E-state index >= 15 is 0 Å². The fraction of sp³-hybridized carbons (Fsp3) is 0.800. The van der Waals surface area contributed by atoms with E-state index in [0.29, 0.717) is 18.6 Å². The molecule has 0 atom stereocenters. The van der Waals surface area contributed by atoms with Gasteiger partial charge in [0.05, 0.1) is 0 Å². The summed E-state index contributed by atoms with van der Waals surface area (Å²) in [6, 6.07) is 0.643. The number of aliphatic hydroxyl groups excluding tert-OH is 1. The molecule has 0 aliphatic heterocycles. The maximum Gasteiger partial charge on any atom is 0.0459 e. The fourth-order valence-corrected chi connectivity index (χ4v) is 1.74. The Bertz CT molecular complexity index is 137. The van der Waals surface area contributed by atoms with E-state index in [4.69, 9.17) is 5.11 Å². The van der Waals surface area contributed by atoms with Crippen LogP contribution in [0.3, 0.4) is 0 Å². The second-order valence-electron chi connectivity index (χ2n) is 3.57. The third kappa shape index (κ3) is 2.86. The zero-order valence-corrected chi connectivity index (χ0v) is 7.79. The average molecular weight is 169 g/mol. The fourth-order valence-electron chi connectivity index (χ4n) is 1.74. The van der Waals surface area contributed by atoms with E-state index in [0.717, 1.165) is 0 Å². The van der Waals surface area contributed by atoms with Crippen LogP contribution >= 0.6 is 0 Å². The Morgan fingerprint density at radius 2 is 2.00 bits per heavy atom. The Balaban J connectivity index is 2.17. The number of rotatable bonds is 3. The molecule has 0 aromatic heterocycles. The smallest absolute Gasteiger partial charge is 0.0459 e. The molecule has 0 aromatic rings. The van der Waals surface area contributed by atoms with E-state index < -0.39 is 0 Å². The number of aliphatic hydroxyl groups is 1. The molecule has 1 aliphatic carbocycles. The van der Waals surface area contributed by atoms with Crippen molar-refractivity contribution in [3.8, 4) is 0 Å². The molecular weight excluding hydrogens is 150 g/mol. The van der Waals surface area contributed by atoms with E-state index in [1.54, 1.807) is 0 Å². The second kappa shape index (κ2) is 5.20. The highest BCUT2D eigenvalue weighted by atomic mass is 16.3. The van der Waals surface area contributed by atoms with Crippen molar-refractivity contribution in [2.75, 3.05) is 6.61 Å². The van der Waals surface area contributed by atoms with E-state index in [1.807, 2.05) is 19.2 Å². The summed E-state index contributed by atoms with van der Waals surface area (Å²) in [7, 11) is 0. The summed E-state index contributed by atoms with van der Waals surface area (Å²) in [6.07, 6.45) is 8.80. The lowest BCUT2D eigenvalue weighted by Crippen LogP contribution is -2.30. The van der Waals surface area contributed by atoms with Crippen LogP contribution in [0.15, 0.2) is 12.3 Å². The van der Waals surface area contributed by atoms with Crippen molar-refractivity contribution in [2.24, 2.45) is 5.92 Å². The lowest BCUT2D eigenvalue weighted by molar-refractivity contribution is 0.178. The molecule has 1 aliphatic rings. The third-order valence-corrected chi connectivity index (χ3v) is 2.60. The molecule has 1 saturated carbocycles. The number of hydrogen-bond acceptors (Lipinski definition) is 2. The number of nitrogens with one attached hydrogen (secondary N) is 1. The van der Waals surface area contributed by atoms with E-state index in [-0.39, 0.29) is 0 Å². The summed E-state index contributed by atoms with van der Waals surface area (Å²) in [5, 5.41) is 12.3. The lowest BCUT2D eigenvalue weighted by atomic mass is 9.87. The Kier molecular flexibility index (Phi) is 4.15. The maximum atomic E-state index is 8.92. The molecule has 0 radical (unpaired) electrons. The molecule has 70 valence electrons. The zero-order chi connectivity index (χ0) is 8.81. The van der Waals surface area contributed by atoms with Gasteiger partial charge in [-0.1, -0.05) is 6.08 Å². The summed E-state index contributed by atoms with van der Waals surface area (Å²) in [6.45, 7) is 2.39. The van der Waals surface area contributed by atoms with Gasteiger partial charge in [-0.05, 0) is 44.7 Å². The summed E-state index contributed by atoms with van der Waals surface area (Å²) in [4.78, 5) is 0. The van der Waals surface area contributed by atoms with Gasteiger partial charge in [0.2, 0.25) is 0 Å². The van der Waals surface area contributed by atoms with Gasteiger partial charge < -0.3 is 10.4 Å². The van der Waals surface area contributed by atoms with Crippen LogP contribution in [-0.4, -0.2) is 17.8 Å². The van der Waals surface area contributed by atoms with Gasteiger partial charge in [-0.2, -0.15) is 0 Å². The van der Waals surface area contributed by atoms with Crippen LogP contribution < -0.4 is 5.32 Å². The molecule has 2 N–H and O–H groups in total. The Morgan fingerprint density at radius 1 is 1.33 bits per heavy atom. The highest BCUT2D eigenvalue weighted by Gasteiger charge is 2.18. The molecule has 2 heteroatoms. The van der Waals surface area contributed by atoms with Gasteiger partial charge in [0.25, 0.3) is 0 Å². The largest absolute Gasteiger partial charge is 0.396 e. The lowest BCUT2D eigenvalue weighted by Gasteiger charge is -2.27. The first kappa shape index (κ1) is 9.59. The molecule has 0 heterocycles. The van der Waals surface area contributed by atoms with Crippen molar-refractivity contribution < 1.29 is 5.11 Å². The summed E-state index contributed by atoms with van der Waals surface area (Å²) in [5.74, 6) is 0.564. The van der Waals surface area contributed by atoms with E-state index in [2.05, 4.69) is 5.32 Å². The van der Waals surface area contributed by atoms with Gasteiger partial charge in [-0.3, -0.25) is 0 Å². The first-order chi connectivity index (χ1) is 5.86. The quantitative estimate of drug-likeness (QED) is 0.673. The SMILES string of the molecule is CC=CNC1CCC(CO)CC1. The summed E-state index contributed by atoms with van der Waals surface area (Å²) in [5.41, 5.74) is 0. The van der Waals surface area contributed by atoms with Gasteiger partial charge in [-0.25, -0.2) is 0 Å². The Morgan fingerprint density at radius 3 is 2.50 bits per heavy atom. The third-order valence-electron chi connectivity index (χ3n) is 2.60. The molecule has 12 heavy (non-hydrogen) atoms. The van der Waals surface area contributed by atoms with E-state index in [9.17, 15) is 0 Å². The Hall–Kier alpha value is -0.500. The molecule has 0 unspecified atom stereocenters. The van der Waals surface area contributed by atoms with Gasteiger partial charge in [0.15, 0.2) is 0 Å². The van der Waals surface area contributed by atoms with Crippen LogP contribution in [-0.2, 0) is 0 Å². The minimum absolute atomic E-state index is 0.371. The van der Waals surface area contributed by atoms with Crippen LogP contribution in [0.1, 0.15) is 32.6 Å². The topological polar surface area (TPSA) is 32.3 Å². The predicted molar refractivity (Wildman–Crippen MR) is 50.8 cm³/mol. The van der Waals surface area contributed by atoms with Crippen LogP contribution in [0.4, 0.5) is 0 Å². The molecule has 1 rings (SSSR count). The van der Waals surface area contributed by atoms with Crippen LogP contribution in [0, 0.1) is 5.92 Å². The minimum atomic E-state index is 0.371.